The zero-order valence-corrected chi connectivity index (χ0v) is 13.9. The lowest BCUT2D eigenvalue weighted by atomic mass is 10.2. The fraction of sp³-hybridized carbons (Fsp3) is 0.118. The summed E-state index contributed by atoms with van der Waals surface area (Å²) in [6.07, 6.45) is 4.02. The number of benzene rings is 1. The van der Waals surface area contributed by atoms with Crippen LogP contribution in [0.3, 0.4) is 0 Å². The van der Waals surface area contributed by atoms with Crippen LogP contribution >= 0.6 is 11.6 Å². The quantitative estimate of drug-likeness (QED) is 0.543. The van der Waals surface area contributed by atoms with Crippen molar-refractivity contribution in [2.45, 2.75) is 12.8 Å². The summed E-state index contributed by atoms with van der Waals surface area (Å²) in [5.74, 6) is -0.857. The standard InChI is InChI=1S/C17H16ClN3O4/c18-13-5-1-2-6-14(13)19-15(22)9-10-17(24)21-20-16(23)8-7-12-4-3-11-25-12/h1-8,11H,9-10H2,(H,19,22)(H,20,23)(H,21,24)/b8-7+. The molecule has 8 heteroatoms. The summed E-state index contributed by atoms with van der Waals surface area (Å²) in [6.45, 7) is 0. The van der Waals surface area contributed by atoms with E-state index in [9.17, 15) is 14.4 Å². The third-order valence-electron chi connectivity index (χ3n) is 2.99. The normalized spacial score (nSPS) is 10.4. The number of amides is 3. The Kier molecular flexibility index (Phi) is 6.79. The molecule has 0 spiro atoms. The highest BCUT2D eigenvalue weighted by molar-refractivity contribution is 6.33. The SMILES string of the molecule is O=C(/C=C/c1ccco1)NNC(=O)CCC(=O)Nc1ccccc1Cl. The second kappa shape index (κ2) is 9.29. The van der Waals surface area contributed by atoms with E-state index in [1.807, 2.05) is 0 Å². The van der Waals surface area contributed by atoms with Crippen molar-refractivity contribution >= 4 is 41.1 Å². The number of hydrogen-bond donors (Lipinski definition) is 3. The number of anilines is 1. The molecule has 0 aliphatic carbocycles. The first-order chi connectivity index (χ1) is 12.0. The van der Waals surface area contributed by atoms with Gasteiger partial charge in [-0.1, -0.05) is 23.7 Å². The largest absolute Gasteiger partial charge is 0.465 e. The Morgan fingerprint density at radius 1 is 1.00 bits per heavy atom. The van der Waals surface area contributed by atoms with E-state index in [0.29, 0.717) is 16.5 Å². The van der Waals surface area contributed by atoms with E-state index in [1.165, 1.54) is 18.4 Å². The molecule has 1 aromatic heterocycles. The maximum atomic E-state index is 11.8. The molecular weight excluding hydrogens is 346 g/mol. The van der Waals surface area contributed by atoms with Gasteiger partial charge in [0.2, 0.25) is 11.8 Å². The zero-order valence-electron chi connectivity index (χ0n) is 13.1. The molecule has 130 valence electrons. The van der Waals surface area contributed by atoms with Crippen molar-refractivity contribution in [2.24, 2.45) is 0 Å². The lowest BCUT2D eigenvalue weighted by molar-refractivity contribution is -0.128. The topological polar surface area (TPSA) is 100 Å². The van der Waals surface area contributed by atoms with Crippen LogP contribution in [0.2, 0.25) is 5.02 Å². The molecule has 0 bridgehead atoms. The van der Waals surface area contributed by atoms with Crippen LogP contribution in [0.25, 0.3) is 6.08 Å². The highest BCUT2D eigenvalue weighted by atomic mass is 35.5. The molecule has 0 aliphatic rings. The van der Waals surface area contributed by atoms with Crippen molar-refractivity contribution in [1.82, 2.24) is 10.9 Å². The lowest BCUT2D eigenvalue weighted by Gasteiger charge is -2.07. The summed E-state index contributed by atoms with van der Waals surface area (Å²) in [5, 5.41) is 3.02. The third-order valence-corrected chi connectivity index (χ3v) is 3.32. The van der Waals surface area contributed by atoms with E-state index in [4.69, 9.17) is 16.0 Å². The highest BCUT2D eigenvalue weighted by Crippen LogP contribution is 2.20. The monoisotopic (exact) mass is 361 g/mol. The molecule has 0 aliphatic heterocycles. The van der Waals surface area contributed by atoms with Crippen LogP contribution in [-0.4, -0.2) is 17.7 Å². The Bertz CT molecular complexity index is 772. The molecular formula is C17H16ClN3O4. The van der Waals surface area contributed by atoms with Gasteiger partial charge >= 0.3 is 0 Å². The van der Waals surface area contributed by atoms with Crippen LogP contribution < -0.4 is 16.2 Å². The molecule has 0 fully saturated rings. The van der Waals surface area contributed by atoms with Crippen LogP contribution in [0.5, 0.6) is 0 Å². The van der Waals surface area contributed by atoms with Crippen LogP contribution in [0, 0.1) is 0 Å². The van der Waals surface area contributed by atoms with Crippen LogP contribution in [0.4, 0.5) is 5.69 Å². The van der Waals surface area contributed by atoms with Gasteiger partial charge in [0, 0.05) is 18.9 Å². The fourth-order valence-electron chi connectivity index (χ4n) is 1.78. The molecule has 2 aromatic rings. The van der Waals surface area contributed by atoms with Gasteiger partial charge in [-0.2, -0.15) is 0 Å². The van der Waals surface area contributed by atoms with Gasteiger partial charge in [-0.3, -0.25) is 25.2 Å². The summed E-state index contributed by atoms with van der Waals surface area (Å²) < 4.78 is 5.02. The Hall–Kier alpha value is -3.06. The molecule has 1 heterocycles. The Morgan fingerprint density at radius 3 is 2.48 bits per heavy atom. The first-order valence-corrected chi connectivity index (χ1v) is 7.77. The van der Waals surface area contributed by atoms with Crippen molar-refractivity contribution in [1.29, 1.82) is 0 Å². The van der Waals surface area contributed by atoms with E-state index in [1.54, 1.807) is 36.4 Å². The van der Waals surface area contributed by atoms with Crippen LogP contribution in [-0.2, 0) is 14.4 Å². The number of carbonyl (C=O) groups is 3. The van der Waals surface area contributed by atoms with Crippen LogP contribution in [0.15, 0.2) is 53.2 Å². The molecule has 3 amide bonds. The van der Waals surface area contributed by atoms with E-state index >= 15 is 0 Å². The maximum absolute atomic E-state index is 11.8. The minimum Gasteiger partial charge on any atom is -0.465 e. The van der Waals surface area contributed by atoms with E-state index in [2.05, 4.69) is 16.2 Å². The molecule has 0 unspecified atom stereocenters. The van der Waals surface area contributed by atoms with Gasteiger partial charge in [-0.05, 0) is 30.3 Å². The Morgan fingerprint density at radius 2 is 1.76 bits per heavy atom. The minimum atomic E-state index is -0.523. The fourth-order valence-corrected chi connectivity index (χ4v) is 1.96. The molecule has 25 heavy (non-hydrogen) atoms. The molecule has 0 saturated carbocycles. The maximum Gasteiger partial charge on any atom is 0.262 e. The zero-order chi connectivity index (χ0) is 18.1. The smallest absolute Gasteiger partial charge is 0.262 e. The Balaban J connectivity index is 1.67. The number of hydrazine groups is 1. The predicted octanol–water partition coefficient (Wildman–Crippen LogP) is 2.51. The predicted molar refractivity (Wildman–Crippen MR) is 93.3 cm³/mol. The van der Waals surface area contributed by atoms with E-state index in [0.717, 1.165) is 0 Å². The number of rotatable bonds is 6. The van der Waals surface area contributed by atoms with Crippen molar-refractivity contribution in [3.63, 3.8) is 0 Å². The van der Waals surface area contributed by atoms with Gasteiger partial charge in [0.15, 0.2) is 0 Å². The Labute approximate surface area is 149 Å². The van der Waals surface area contributed by atoms with Crippen molar-refractivity contribution in [3.05, 3.63) is 59.5 Å². The minimum absolute atomic E-state index is 0.0465. The second-order valence-electron chi connectivity index (χ2n) is 4.91. The summed E-state index contributed by atoms with van der Waals surface area (Å²) in [4.78, 5) is 34.9. The molecule has 0 atom stereocenters. The number of halogens is 1. The highest BCUT2D eigenvalue weighted by Gasteiger charge is 2.09. The molecule has 3 N–H and O–H groups in total. The van der Waals surface area contributed by atoms with Gasteiger partial charge in [0.1, 0.15) is 5.76 Å². The van der Waals surface area contributed by atoms with Crippen molar-refractivity contribution < 1.29 is 18.8 Å². The number of nitrogens with one attached hydrogen (secondary N) is 3. The summed E-state index contributed by atoms with van der Waals surface area (Å²) >= 11 is 5.93. The van der Waals surface area contributed by atoms with E-state index in [-0.39, 0.29) is 18.7 Å². The second-order valence-corrected chi connectivity index (χ2v) is 5.32. The number of furan rings is 1. The molecule has 0 saturated heterocycles. The van der Waals surface area contributed by atoms with Crippen molar-refractivity contribution in [3.8, 4) is 0 Å². The van der Waals surface area contributed by atoms with Gasteiger partial charge in [-0.25, -0.2) is 0 Å². The number of hydrogen-bond acceptors (Lipinski definition) is 4. The lowest BCUT2D eigenvalue weighted by Crippen LogP contribution is -2.41. The molecule has 0 radical (unpaired) electrons. The third kappa shape index (κ3) is 6.52. The summed E-state index contributed by atoms with van der Waals surface area (Å²) in [5.41, 5.74) is 4.90. The average molecular weight is 362 g/mol. The van der Waals surface area contributed by atoms with Crippen LogP contribution in [0.1, 0.15) is 18.6 Å². The van der Waals surface area contributed by atoms with Gasteiger partial charge in [0.25, 0.3) is 5.91 Å². The average Bonchev–Trinajstić information content (AvgIpc) is 3.12. The van der Waals surface area contributed by atoms with E-state index < -0.39 is 11.8 Å². The molecule has 7 nitrogen and oxygen atoms in total. The van der Waals surface area contributed by atoms with Gasteiger partial charge in [0.05, 0.1) is 17.0 Å². The first kappa shape index (κ1) is 18.3. The van der Waals surface area contributed by atoms with Gasteiger partial charge in [-0.15, -0.1) is 0 Å². The molecule has 1 aromatic carbocycles. The molecule has 2 rings (SSSR count). The number of carbonyl (C=O) groups excluding carboxylic acids is 3. The number of para-hydroxylation sites is 1. The summed E-state index contributed by atoms with van der Waals surface area (Å²) in [7, 11) is 0. The van der Waals surface area contributed by atoms with Crippen molar-refractivity contribution in [2.75, 3.05) is 5.32 Å². The van der Waals surface area contributed by atoms with Gasteiger partial charge < -0.3 is 9.73 Å². The first-order valence-electron chi connectivity index (χ1n) is 7.39. The summed E-state index contributed by atoms with van der Waals surface area (Å²) in [6, 6.07) is 10.2.